The number of carbonyl (C=O) groups is 1. The maximum Gasteiger partial charge on any atom is 0.223 e. The summed E-state index contributed by atoms with van der Waals surface area (Å²) in [6.07, 6.45) is 1.02. The van der Waals surface area contributed by atoms with Crippen LogP contribution in [0.5, 0.6) is 11.5 Å². The summed E-state index contributed by atoms with van der Waals surface area (Å²) >= 11 is 0. The number of hydrogen-bond donors (Lipinski definition) is 1. The monoisotopic (exact) mass is 411 g/mol. The fraction of sp³-hybridized carbons (Fsp3) is 0.480. The number of fused-ring (bicyclic) bond motifs is 1. The van der Waals surface area contributed by atoms with Gasteiger partial charge in [-0.1, -0.05) is 44.2 Å². The molecule has 0 bridgehead atoms. The Morgan fingerprint density at radius 2 is 1.83 bits per heavy atom. The molecule has 3 rings (SSSR count). The van der Waals surface area contributed by atoms with Crippen molar-refractivity contribution in [2.75, 3.05) is 19.8 Å². The van der Waals surface area contributed by atoms with Crippen molar-refractivity contribution in [2.24, 2.45) is 5.92 Å². The predicted molar refractivity (Wildman–Crippen MR) is 118 cm³/mol. The molecule has 1 aliphatic rings. The van der Waals surface area contributed by atoms with Crippen LogP contribution < -0.4 is 14.8 Å². The highest BCUT2D eigenvalue weighted by Crippen LogP contribution is 2.34. The first kappa shape index (κ1) is 22.2. The Kier molecular flexibility index (Phi) is 7.75. The molecule has 162 valence electrons. The Hall–Kier alpha value is -2.53. The minimum atomic E-state index is -0.193. The van der Waals surface area contributed by atoms with Crippen LogP contribution in [0.4, 0.5) is 0 Å². The lowest BCUT2D eigenvalue weighted by molar-refractivity contribution is -0.125. The fourth-order valence-corrected chi connectivity index (χ4v) is 3.94. The molecule has 0 radical (unpaired) electrons. The third-order valence-electron chi connectivity index (χ3n) is 5.37. The van der Waals surface area contributed by atoms with Crippen LogP contribution >= 0.6 is 0 Å². The average molecular weight is 412 g/mol. The van der Waals surface area contributed by atoms with Crippen molar-refractivity contribution in [1.29, 1.82) is 0 Å². The largest absolute Gasteiger partial charge is 0.490 e. The molecule has 1 heterocycles. The maximum atomic E-state index is 12.9. The van der Waals surface area contributed by atoms with Gasteiger partial charge >= 0.3 is 0 Å². The van der Waals surface area contributed by atoms with Gasteiger partial charge in [0.15, 0.2) is 11.5 Å². The molecule has 5 nitrogen and oxygen atoms in total. The summed E-state index contributed by atoms with van der Waals surface area (Å²) in [6, 6.07) is 14.0. The van der Waals surface area contributed by atoms with Crippen molar-refractivity contribution in [3.63, 3.8) is 0 Å². The van der Waals surface area contributed by atoms with E-state index in [-0.39, 0.29) is 24.0 Å². The molecule has 1 N–H and O–H groups in total. The molecule has 1 aliphatic heterocycles. The number of benzene rings is 2. The Bertz CT molecular complexity index is 849. The maximum absolute atomic E-state index is 12.9. The SMILES string of the molecule is CCOc1ccc(C(NC(=O)CC2OCCc3ccccc32)C(C)C)cc1OCC. The van der Waals surface area contributed by atoms with E-state index in [9.17, 15) is 4.79 Å². The lowest BCUT2D eigenvalue weighted by Gasteiger charge is -2.28. The number of carbonyl (C=O) groups excluding carboxylic acids is 1. The van der Waals surface area contributed by atoms with Gasteiger partial charge in [-0.2, -0.15) is 0 Å². The van der Waals surface area contributed by atoms with Crippen LogP contribution in [0.2, 0.25) is 0 Å². The van der Waals surface area contributed by atoms with Crippen LogP contribution in [0.25, 0.3) is 0 Å². The second-order valence-electron chi connectivity index (χ2n) is 7.87. The molecular formula is C25H33NO4. The van der Waals surface area contributed by atoms with Crippen LogP contribution in [-0.4, -0.2) is 25.7 Å². The number of nitrogens with one attached hydrogen (secondary N) is 1. The first-order valence-electron chi connectivity index (χ1n) is 10.9. The molecule has 0 aromatic heterocycles. The summed E-state index contributed by atoms with van der Waals surface area (Å²) in [6.45, 7) is 9.90. The van der Waals surface area contributed by atoms with Gasteiger partial charge in [0.05, 0.1) is 38.4 Å². The highest BCUT2D eigenvalue weighted by atomic mass is 16.5. The molecule has 2 aromatic rings. The summed E-state index contributed by atoms with van der Waals surface area (Å²) in [5.41, 5.74) is 3.41. The smallest absolute Gasteiger partial charge is 0.223 e. The van der Waals surface area contributed by atoms with Crippen LogP contribution in [-0.2, 0) is 16.0 Å². The summed E-state index contributed by atoms with van der Waals surface area (Å²) in [4.78, 5) is 12.9. The van der Waals surface area contributed by atoms with Crippen LogP contribution in [0, 0.1) is 5.92 Å². The van der Waals surface area contributed by atoms with Gasteiger partial charge in [0.25, 0.3) is 0 Å². The molecule has 5 heteroatoms. The van der Waals surface area contributed by atoms with Crippen molar-refractivity contribution in [3.05, 3.63) is 59.2 Å². The standard InChI is InChI=1S/C25H33NO4/c1-5-28-21-12-11-19(15-23(21)29-6-2)25(17(3)4)26-24(27)16-22-20-10-8-7-9-18(20)13-14-30-22/h7-12,15,17,22,25H,5-6,13-14,16H2,1-4H3,(H,26,27). The van der Waals surface area contributed by atoms with E-state index in [0.717, 1.165) is 23.3 Å². The molecule has 0 fully saturated rings. The third-order valence-corrected chi connectivity index (χ3v) is 5.37. The highest BCUT2D eigenvalue weighted by Gasteiger charge is 2.26. The van der Waals surface area contributed by atoms with Crippen molar-refractivity contribution in [3.8, 4) is 11.5 Å². The zero-order valence-electron chi connectivity index (χ0n) is 18.4. The topological polar surface area (TPSA) is 56.8 Å². The third kappa shape index (κ3) is 5.33. The Labute approximate surface area is 179 Å². The minimum Gasteiger partial charge on any atom is -0.490 e. The molecule has 0 saturated heterocycles. The molecule has 2 atom stereocenters. The molecule has 0 saturated carbocycles. The van der Waals surface area contributed by atoms with Crippen LogP contribution in [0.1, 0.15) is 63.0 Å². The second-order valence-corrected chi connectivity index (χ2v) is 7.87. The molecular weight excluding hydrogens is 378 g/mol. The van der Waals surface area contributed by atoms with Gasteiger partial charge in [-0.25, -0.2) is 0 Å². The van der Waals surface area contributed by atoms with E-state index in [0.29, 0.717) is 32.0 Å². The first-order valence-corrected chi connectivity index (χ1v) is 10.9. The van der Waals surface area contributed by atoms with E-state index >= 15 is 0 Å². The summed E-state index contributed by atoms with van der Waals surface area (Å²) in [5.74, 6) is 1.65. The Morgan fingerprint density at radius 1 is 1.10 bits per heavy atom. The van der Waals surface area contributed by atoms with E-state index in [1.165, 1.54) is 5.56 Å². The van der Waals surface area contributed by atoms with Crippen LogP contribution in [0.15, 0.2) is 42.5 Å². The second kappa shape index (κ2) is 10.5. The molecule has 2 unspecified atom stereocenters. The van der Waals surface area contributed by atoms with Crippen molar-refractivity contribution in [2.45, 2.75) is 52.7 Å². The predicted octanol–water partition coefficient (Wildman–Crippen LogP) is 5.00. The zero-order chi connectivity index (χ0) is 21.5. The van der Waals surface area contributed by atoms with Crippen molar-refractivity contribution in [1.82, 2.24) is 5.32 Å². The summed E-state index contributed by atoms with van der Waals surface area (Å²) < 4.78 is 17.4. The normalized spacial score (nSPS) is 16.6. The van der Waals surface area contributed by atoms with Gasteiger partial charge in [-0.15, -0.1) is 0 Å². The summed E-state index contributed by atoms with van der Waals surface area (Å²) in [7, 11) is 0. The van der Waals surface area contributed by atoms with E-state index in [1.807, 2.05) is 44.2 Å². The number of rotatable bonds is 9. The first-order chi connectivity index (χ1) is 14.5. The minimum absolute atomic E-state index is 0.0118. The number of hydrogen-bond acceptors (Lipinski definition) is 4. The van der Waals surface area contributed by atoms with Gasteiger partial charge in [-0.05, 0) is 55.0 Å². The van der Waals surface area contributed by atoms with Crippen LogP contribution in [0.3, 0.4) is 0 Å². The number of ether oxygens (including phenoxy) is 3. The van der Waals surface area contributed by atoms with Gasteiger partial charge in [0.2, 0.25) is 5.91 Å². The fourth-order valence-electron chi connectivity index (χ4n) is 3.94. The van der Waals surface area contributed by atoms with Gasteiger partial charge < -0.3 is 19.5 Å². The van der Waals surface area contributed by atoms with Gasteiger partial charge in [-0.3, -0.25) is 4.79 Å². The zero-order valence-corrected chi connectivity index (χ0v) is 18.4. The highest BCUT2D eigenvalue weighted by molar-refractivity contribution is 5.77. The van der Waals surface area contributed by atoms with E-state index in [2.05, 4.69) is 31.3 Å². The van der Waals surface area contributed by atoms with Gasteiger partial charge in [0, 0.05) is 0 Å². The van der Waals surface area contributed by atoms with E-state index < -0.39 is 0 Å². The molecule has 2 aromatic carbocycles. The van der Waals surface area contributed by atoms with Crippen molar-refractivity contribution < 1.29 is 19.0 Å². The Morgan fingerprint density at radius 3 is 2.57 bits per heavy atom. The quantitative estimate of drug-likeness (QED) is 0.631. The van der Waals surface area contributed by atoms with E-state index in [1.54, 1.807) is 0 Å². The number of amides is 1. The lowest BCUT2D eigenvalue weighted by atomic mass is 9.93. The Balaban J connectivity index is 1.75. The molecule has 0 aliphatic carbocycles. The lowest BCUT2D eigenvalue weighted by Crippen LogP contribution is -2.33. The van der Waals surface area contributed by atoms with Crippen molar-refractivity contribution >= 4 is 5.91 Å². The molecule has 30 heavy (non-hydrogen) atoms. The molecule has 1 amide bonds. The average Bonchev–Trinajstić information content (AvgIpc) is 2.74. The summed E-state index contributed by atoms with van der Waals surface area (Å²) in [5, 5.41) is 3.22. The molecule has 0 spiro atoms. The van der Waals surface area contributed by atoms with Gasteiger partial charge in [0.1, 0.15) is 0 Å². The van der Waals surface area contributed by atoms with E-state index in [4.69, 9.17) is 14.2 Å².